The van der Waals surface area contributed by atoms with E-state index in [-0.39, 0.29) is 5.69 Å². The summed E-state index contributed by atoms with van der Waals surface area (Å²) >= 11 is 5.97. The number of carbonyl (C=O) groups excluding carboxylic acids is 1. The van der Waals surface area contributed by atoms with Gasteiger partial charge in [-0.15, -0.1) is 10.2 Å². The number of aryl methyl sites for hydroxylation is 1. The zero-order valence-corrected chi connectivity index (χ0v) is 15.7. The molecular formula is C20H19ClN4O2. The molecule has 138 valence electrons. The Labute approximate surface area is 162 Å². The third-order valence-electron chi connectivity index (χ3n) is 3.90. The molecule has 0 radical (unpaired) electrons. The van der Waals surface area contributed by atoms with E-state index in [1.54, 1.807) is 30.3 Å². The van der Waals surface area contributed by atoms with E-state index in [0.29, 0.717) is 28.8 Å². The van der Waals surface area contributed by atoms with Crippen molar-refractivity contribution < 1.29 is 9.53 Å². The number of rotatable bonds is 6. The van der Waals surface area contributed by atoms with Gasteiger partial charge in [0.2, 0.25) is 0 Å². The lowest BCUT2D eigenvalue weighted by atomic mass is 10.1. The van der Waals surface area contributed by atoms with Crippen molar-refractivity contribution in [3.05, 3.63) is 76.4 Å². The molecule has 1 aromatic heterocycles. The Morgan fingerprint density at radius 3 is 2.52 bits per heavy atom. The van der Waals surface area contributed by atoms with Crippen LogP contribution >= 0.6 is 11.6 Å². The minimum atomic E-state index is -0.395. The van der Waals surface area contributed by atoms with E-state index in [4.69, 9.17) is 16.3 Å². The molecule has 0 atom stereocenters. The molecule has 2 N–H and O–H groups in total. The fraction of sp³-hybridized carbons (Fsp3) is 0.150. The summed E-state index contributed by atoms with van der Waals surface area (Å²) in [5.41, 5.74) is 3.01. The van der Waals surface area contributed by atoms with Gasteiger partial charge >= 0.3 is 0 Å². The van der Waals surface area contributed by atoms with Crippen LogP contribution in [-0.4, -0.2) is 23.2 Å². The van der Waals surface area contributed by atoms with Crippen molar-refractivity contribution in [2.75, 3.05) is 17.7 Å². The molecular weight excluding hydrogens is 364 g/mol. The molecule has 0 aliphatic heterocycles. The van der Waals surface area contributed by atoms with Gasteiger partial charge in [-0.25, -0.2) is 0 Å². The van der Waals surface area contributed by atoms with Crippen molar-refractivity contribution in [3.63, 3.8) is 0 Å². The maximum atomic E-state index is 12.4. The Balaban J connectivity index is 1.63. The number of benzene rings is 2. The quantitative estimate of drug-likeness (QED) is 0.664. The largest absolute Gasteiger partial charge is 0.495 e. The zero-order valence-electron chi connectivity index (χ0n) is 15.0. The fourth-order valence-electron chi connectivity index (χ4n) is 2.41. The maximum Gasteiger partial charge on any atom is 0.276 e. The van der Waals surface area contributed by atoms with Gasteiger partial charge in [0, 0.05) is 11.6 Å². The van der Waals surface area contributed by atoms with Gasteiger partial charge in [0.1, 0.15) is 11.6 Å². The van der Waals surface area contributed by atoms with Crippen molar-refractivity contribution in [2.45, 2.75) is 13.5 Å². The van der Waals surface area contributed by atoms with Crippen molar-refractivity contribution in [3.8, 4) is 5.75 Å². The molecule has 1 heterocycles. The highest BCUT2D eigenvalue weighted by Crippen LogP contribution is 2.28. The third-order valence-corrected chi connectivity index (χ3v) is 4.14. The van der Waals surface area contributed by atoms with Crippen molar-refractivity contribution >= 4 is 29.0 Å². The molecule has 1 amide bonds. The second kappa shape index (κ2) is 8.51. The van der Waals surface area contributed by atoms with E-state index >= 15 is 0 Å². The number of halogens is 1. The molecule has 27 heavy (non-hydrogen) atoms. The standard InChI is InChI=1S/C20H19ClN4O2/c1-13-3-5-14(6-4-13)12-22-19-10-8-16(24-25-19)20(26)23-17-11-15(21)7-9-18(17)27-2/h3-11H,12H2,1-2H3,(H,22,25)(H,23,26). The second-order valence-electron chi connectivity index (χ2n) is 5.94. The number of amides is 1. The number of anilines is 2. The van der Waals surface area contributed by atoms with Crippen molar-refractivity contribution in [1.29, 1.82) is 0 Å². The van der Waals surface area contributed by atoms with Crippen LogP contribution in [0.25, 0.3) is 0 Å². The Kier molecular flexibility index (Phi) is 5.88. The van der Waals surface area contributed by atoms with Crippen molar-refractivity contribution in [2.24, 2.45) is 0 Å². The zero-order chi connectivity index (χ0) is 19.2. The molecule has 3 aromatic rings. The summed E-state index contributed by atoms with van der Waals surface area (Å²) in [7, 11) is 1.52. The first-order valence-corrected chi connectivity index (χ1v) is 8.71. The summed E-state index contributed by atoms with van der Waals surface area (Å²) in [6.45, 7) is 2.67. The number of methoxy groups -OCH3 is 1. The van der Waals surface area contributed by atoms with Gasteiger partial charge in [-0.3, -0.25) is 4.79 Å². The number of nitrogens with zero attached hydrogens (tertiary/aromatic N) is 2. The first kappa shape index (κ1) is 18.7. The predicted molar refractivity (Wildman–Crippen MR) is 106 cm³/mol. The summed E-state index contributed by atoms with van der Waals surface area (Å²) < 4.78 is 5.22. The van der Waals surface area contributed by atoms with E-state index in [9.17, 15) is 4.79 Å². The second-order valence-corrected chi connectivity index (χ2v) is 6.38. The average molecular weight is 383 g/mol. The average Bonchev–Trinajstić information content (AvgIpc) is 2.68. The number of aromatic nitrogens is 2. The van der Waals surface area contributed by atoms with Gasteiger partial charge in [0.15, 0.2) is 5.69 Å². The number of nitrogens with one attached hydrogen (secondary N) is 2. The van der Waals surface area contributed by atoms with Gasteiger partial charge in [-0.05, 0) is 42.8 Å². The highest BCUT2D eigenvalue weighted by molar-refractivity contribution is 6.31. The van der Waals surface area contributed by atoms with Crippen LogP contribution < -0.4 is 15.4 Å². The van der Waals surface area contributed by atoms with E-state index < -0.39 is 5.91 Å². The number of hydrogen-bond donors (Lipinski definition) is 2. The smallest absolute Gasteiger partial charge is 0.276 e. The van der Waals surface area contributed by atoms with Crippen LogP contribution in [0.15, 0.2) is 54.6 Å². The molecule has 7 heteroatoms. The van der Waals surface area contributed by atoms with Crippen molar-refractivity contribution in [1.82, 2.24) is 10.2 Å². The highest BCUT2D eigenvalue weighted by Gasteiger charge is 2.12. The molecule has 0 fully saturated rings. The summed E-state index contributed by atoms with van der Waals surface area (Å²) in [5.74, 6) is 0.706. The molecule has 0 spiro atoms. The lowest BCUT2D eigenvalue weighted by Crippen LogP contribution is -2.15. The van der Waals surface area contributed by atoms with Crippen LogP contribution in [-0.2, 0) is 6.54 Å². The molecule has 6 nitrogen and oxygen atoms in total. The summed E-state index contributed by atoms with van der Waals surface area (Å²) in [4.78, 5) is 12.4. The first-order valence-electron chi connectivity index (χ1n) is 8.33. The fourth-order valence-corrected chi connectivity index (χ4v) is 2.58. The third kappa shape index (κ3) is 4.95. The van der Waals surface area contributed by atoms with E-state index in [2.05, 4.69) is 45.1 Å². The van der Waals surface area contributed by atoms with E-state index in [0.717, 1.165) is 5.56 Å². The van der Waals surface area contributed by atoms with Crippen LogP contribution in [0.5, 0.6) is 5.75 Å². The molecule has 0 unspecified atom stereocenters. The van der Waals surface area contributed by atoms with Gasteiger partial charge in [-0.1, -0.05) is 41.4 Å². The number of carbonyl (C=O) groups is 1. The maximum absolute atomic E-state index is 12.4. The van der Waals surface area contributed by atoms with Crippen LogP contribution in [0.2, 0.25) is 5.02 Å². The molecule has 0 bridgehead atoms. The Hall–Kier alpha value is -3.12. The molecule has 0 aliphatic rings. The minimum Gasteiger partial charge on any atom is -0.495 e. The molecule has 0 saturated heterocycles. The normalized spacial score (nSPS) is 10.3. The monoisotopic (exact) mass is 382 g/mol. The number of hydrogen-bond acceptors (Lipinski definition) is 5. The Morgan fingerprint density at radius 2 is 1.85 bits per heavy atom. The van der Waals surface area contributed by atoms with Gasteiger partial charge in [0.05, 0.1) is 12.8 Å². The highest BCUT2D eigenvalue weighted by atomic mass is 35.5. The van der Waals surface area contributed by atoms with Gasteiger partial charge in [0.25, 0.3) is 5.91 Å². The number of ether oxygens (including phenoxy) is 1. The summed E-state index contributed by atoms with van der Waals surface area (Å²) in [6.07, 6.45) is 0. The van der Waals surface area contributed by atoms with E-state index in [1.165, 1.54) is 12.7 Å². The minimum absolute atomic E-state index is 0.193. The molecule has 0 aliphatic carbocycles. The van der Waals surface area contributed by atoms with Crippen LogP contribution in [0.1, 0.15) is 21.6 Å². The molecule has 3 rings (SSSR count). The van der Waals surface area contributed by atoms with Gasteiger partial charge < -0.3 is 15.4 Å². The molecule has 0 saturated carbocycles. The Morgan fingerprint density at radius 1 is 1.07 bits per heavy atom. The molecule has 2 aromatic carbocycles. The van der Waals surface area contributed by atoms with Crippen LogP contribution in [0.3, 0.4) is 0 Å². The lowest BCUT2D eigenvalue weighted by molar-refractivity contribution is 0.102. The SMILES string of the molecule is COc1ccc(Cl)cc1NC(=O)c1ccc(NCc2ccc(C)cc2)nn1. The topological polar surface area (TPSA) is 76.1 Å². The van der Waals surface area contributed by atoms with Crippen LogP contribution in [0, 0.1) is 6.92 Å². The van der Waals surface area contributed by atoms with Crippen LogP contribution in [0.4, 0.5) is 11.5 Å². The predicted octanol–water partition coefficient (Wildman–Crippen LogP) is 4.31. The van der Waals surface area contributed by atoms with Gasteiger partial charge in [-0.2, -0.15) is 0 Å². The summed E-state index contributed by atoms with van der Waals surface area (Å²) in [6, 6.07) is 16.5. The lowest BCUT2D eigenvalue weighted by Gasteiger charge is -2.10. The first-order chi connectivity index (χ1) is 13.0. The summed E-state index contributed by atoms with van der Waals surface area (Å²) in [5, 5.41) is 14.4. The Bertz CT molecular complexity index is 928. The van der Waals surface area contributed by atoms with E-state index in [1.807, 2.05) is 6.92 Å².